The molecular formula is C16H22Cl2O2. The quantitative estimate of drug-likeness (QED) is 0.754. The molecule has 1 aliphatic rings. The van der Waals surface area contributed by atoms with Crippen molar-refractivity contribution in [2.75, 3.05) is 6.61 Å². The Hall–Kier alpha value is -0.440. The van der Waals surface area contributed by atoms with Gasteiger partial charge in [-0.1, -0.05) is 48.9 Å². The van der Waals surface area contributed by atoms with Crippen LogP contribution in [-0.4, -0.2) is 11.7 Å². The molecule has 1 saturated carbocycles. The summed E-state index contributed by atoms with van der Waals surface area (Å²) in [6.45, 7) is 2.44. The molecule has 1 aromatic carbocycles. The zero-order chi connectivity index (χ0) is 14.5. The first kappa shape index (κ1) is 15.9. The van der Waals surface area contributed by atoms with Crippen LogP contribution < -0.4 is 4.74 Å². The zero-order valence-corrected chi connectivity index (χ0v) is 13.4. The van der Waals surface area contributed by atoms with Gasteiger partial charge in [0.05, 0.1) is 22.8 Å². The van der Waals surface area contributed by atoms with E-state index in [0.29, 0.717) is 22.4 Å². The minimum absolute atomic E-state index is 0.281. The van der Waals surface area contributed by atoms with Gasteiger partial charge in [-0.05, 0) is 31.7 Å². The Bertz CT molecular complexity index is 440. The Morgan fingerprint density at radius 2 is 1.80 bits per heavy atom. The zero-order valence-electron chi connectivity index (χ0n) is 11.9. The fourth-order valence-corrected chi connectivity index (χ4v) is 3.41. The van der Waals surface area contributed by atoms with Gasteiger partial charge in [0.25, 0.3) is 0 Å². The van der Waals surface area contributed by atoms with Gasteiger partial charge >= 0.3 is 0 Å². The van der Waals surface area contributed by atoms with E-state index in [4.69, 9.17) is 27.9 Å². The molecule has 2 rings (SSSR count). The first-order chi connectivity index (χ1) is 9.63. The van der Waals surface area contributed by atoms with Crippen LogP contribution in [0.2, 0.25) is 10.0 Å². The van der Waals surface area contributed by atoms with E-state index in [1.165, 1.54) is 25.7 Å². The summed E-state index contributed by atoms with van der Waals surface area (Å²) in [6, 6.07) is 3.47. The van der Waals surface area contributed by atoms with Crippen LogP contribution in [0.5, 0.6) is 5.75 Å². The summed E-state index contributed by atoms with van der Waals surface area (Å²) >= 11 is 12.5. The fourth-order valence-electron chi connectivity index (χ4n) is 2.92. The number of hydrogen-bond acceptors (Lipinski definition) is 2. The maximum Gasteiger partial charge on any atom is 0.139 e. The highest BCUT2D eigenvalue weighted by molar-refractivity contribution is 6.34. The first-order valence-corrected chi connectivity index (χ1v) is 8.19. The highest BCUT2D eigenvalue weighted by Crippen LogP contribution is 2.40. The van der Waals surface area contributed by atoms with E-state index in [-0.39, 0.29) is 5.92 Å². The van der Waals surface area contributed by atoms with Gasteiger partial charge in [0.1, 0.15) is 5.75 Å². The van der Waals surface area contributed by atoms with E-state index in [9.17, 15) is 5.11 Å². The van der Waals surface area contributed by atoms with Gasteiger partial charge in [0, 0.05) is 11.6 Å². The van der Waals surface area contributed by atoms with Gasteiger partial charge in [-0.3, -0.25) is 0 Å². The summed E-state index contributed by atoms with van der Waals surface area (Å²) < 4.78 is 5.42. The lowest BCUT2D eigenvalue weighted by Gasteiger charge is -2.23. The molecule has 0 aliphatic heterocycles. The van der Waals surface area contributed by atoms with Crippen LogP contribution in [0.1, 0.15) is 57.1 Å². The standard InChI is InChI=1S/C16H22Cl2O2/c1-2-20-15-10-13(17)12(9-14(15)18)16(19)11-7-5-3-4-6-8-11/h9-11,16,19H,2-8H2,1H3. The average Bonchev–Trinajstić information content (AvgIpc) is 2.71. The molecule has 0 saturated heterocycles. The molecule has 1 aromatic rings. The lowest BCUT2D eigenvalue weighted by molar-refractivity contribution is 0.0988. The number of hydrogen-bond donors (Lipinski definition) is 1. The van der Waals surface area contributed by atoms with Crippen LogP contribution in [-0.2, 0) is 0 Å². The third-order valence-electron chi connectivity index (χ3n) is 4.02. The maximum absolute atomic E-state index is 10.6. The van der Waals surface area contributed by atoms with Crippen LogP contribution in [0.3, 0.4) is 0 Å². The second-order valence-electron chi connectivity index (χ2n) is 5.43. The summed E-state index contributed by atoms with van der Waals surface area (Å²) in [4.78, 5) is 0. The molecule has 1 fully saturated rings. The van der Waals surface area contributed by atoms with Crippen molar-refractivity contribution in [2.24, 2.45) is 5.92 Å². The van der Waals surface area contributed by atoms with Crippen molar-refractivity contribution in [3.8, 4) is 5.75 Å². The predicted octanol–water partition coefficient (Wildman–Crippen LogP) is 5.40. The topological polar surface area (TPSA) is 29.5 Å². The molecule has 0 bridgehead atoms. The number of halogens is 2. The molecule has 0 amide bonds. The molecule has 0 aromatic heterocycles. The summed E-state index contributed by atoms with van der Waals surface area (Å²) in [6.07, 6.45) is 6.48. The third kappa shape index (κ3) is 3.81. The van der Waals surface area contributed by atoms with Crippen molar-refractivity contribution in [3.63, 3.8) is 0 Å². The number of aliphatic hydroxyl groups excluding tert-OH is 1. The predicted molar refractivity (Wildman–Crippen MR) is 83.8 cm³/mol. The van der Waals surface area contributed by atoms with Gasteiger partial charge < -0.3 is 9.84 Å². The van der Waals surface area contributed by atoms with Gasteiger partial charge in [-0.15, -0.1) is 0 Å². The second-order valence-corrected chi connectivity index (χ2v) is 6.25. The molecule has 20 heavy (non-hydrogen) atoms. The number of ether oxygens (including phenoxy) is 1. The molecule has 1 aliphatic carbocycles. The van der Waals surface area contributed by atoms with Crippen molar-refractivity contribution in [1.82, 2.24) is 0 Å². The Morgan fingerprint density at radius 1 is 1.15 bits per heavy atom. The molecule has 0 spiro atoms. The van der Waals surface area contributed by atoms with Gasteiger partial charge in [0.2, 0.25) is 0 Å². The molecule has 2 nitrogen and oxygen atoms in total. The Kier molecular flexibility index (Phi) is 6.01. The van der Waals surface area contributed by atoms with Crippen LogP contribution in [0, 0.1) is 5.92 Å². The summed E-state index contributed by atoms with van der Waals surface area (Å²) in [7, 11) is 0. The number of aliphatic hydroxyl groups is 1. The molecule has 0 heterocycles. The lowest BCUT2D eigenvalue weighted by atomic mass is 9.89. The molecule has 0 radical (unpaired) electrons. The minimum Gasteiger partial charge on any atom is -0.492 e. The monoisotopic (exact) mass is 316 g/mol. The molecule has 4 heteroatoms. The molecular weight excluding hydrogens is 295 g/mol. The van der Waals surface area contributed by atoms with E-state index in [0.717, 1.165) is 18.4 Å². The Morgan fingerprint density at radius 3 is 2.40 bits per heavy atom. The van der Waals surface area contributed by atoms with Gasteiger partial charge in [0.15, 0.2) is 0 Å². The normalized spacial score (nSPS) is 18.6. The van der Waals surface area contributed by atoms with E-state index < -0.39 is 6.10 Å². The SMILES string of the molecule is CCOc1cc(Cl)c(C(O)C2CCCCCC2)cc1Cl. The molecule has 1 atom stereocenters. The number of rotatable bonds is 4. The summed E-state index contributed by atoms with van der Waals surface area (Å²) in [5.74, 6) is 0.861. The van der Waals surface area contributed by atoms with Gasteiger partial charge in [-0.2, -0.15) is 0 Å². The largest absolute Gasteiger partial charge is 0.492 e. The van der Waals surface area contributed by atoms with Crippen molar-refractivity contribution >= 4 is 23.2 Å². The summed E-state index contributed by atoms with van der Waals surface area (Å²) in [5.41, 5.74) is 0.729. The Balaban J connectivity index is 2.20. The van der Waals surface area contributed by atoms with Gasteiger partial charge in [-0.25, -0.2) is 0 Å². The summed E-state index contributed by atoms with van der Waals surface area (Å²) in [5, 5.41) is 11.7. The fraction of sp³-hybridized carbons (Fsp3) is 0.625. The van der Waals surface area contributed by atoms with E-state index >= 15 is 0 Å². The maximum atomic E-state index is 10.6. The van der Waals surface area contributed by atoms with Crippen molar-refractivity contribution < 1.29 is 9.84 Å². The molecule has 112 valence electrons. The van der Waals surface area contributed by atoms with Crippen LogP contribution >= 0.6 is 23.2 Å². The molecule has 1 unspecified atom stereocenters. The van der Waals surface area contributed by atoms with Crippen molar-refractivity contribution in [2.45, 2.75) is 51.6 Å². The smallest absolute Gasteiger partial charge is 0.139 e. The van der Waals surface area contributed by atoms with E-state index in [1.54, 1.807) is 12.1 Å². The first-order valence-electron chi connectivity index (χ1n) is 7.43. The minimum atomic E-state index is -0.534. The van der Waals surface area contributed by atoms with Crippen LogP contribution in [0.4, 0.5) is 0 Å². The second kappa shape index (κ2) is 7.53. The highest BCUT2D eigenvalue weighted by Gasteiger charge is 2.25. The van der Waals surface area contributed by atoms with Crippen LogP contribution in [0.25, 0.3) is 0 Å². The molecule has 1 N–H and O–H groups in total. The lowest BCUT2D eigenvalue weighted by Crippen LogP contribution is -2.12. The number of benzene rings is 1. The Labute approximate surface area is 131 Å². The van der Waals surface area contributed by atoms with E-state index in [2.05, 4.69) is 0 Å². The van der Waals surface area contributed by atoms with Crippen LogP contribution in [0.15, 0.2) is 12.1 Å². The van der Waals surface area contributed by atoms with Crippen molar-refractivity contribution in [3.05, 3.63) is 27.7 Å². The third-order valence-corrected chi connectivity index (χ3v) is 4.64. The highest BCUT2D eigenvalue weighted by atomic mass is 35.5. The van der Waals surface area contributed by atoms with E-state index in [1.807, 2.05) is 6.92 Å². The average molecular weight is 317 g/mol. The van der Waals surface area contributed by atoms with Crippen molar-refractivity contribution in [1.29, 1.82) is 0 Å².